The number of halogens is 2. The Morgan fingerprint density at radius 2 is 1.75 bits per heavy atom. The maximum absolute atomic E-state index is 12.7. The molecular weight excluding hydrogens is 160 g/mol. The highest BCUT2D eigenvalue weighted by Gasteiger charge is 2.08. The minimum absolute atomic E-state index is 0.0870. The summed E-state index contributed by atoms with van der Waals surface area (Å²) in [5, 5.41) is 8.28. The van der Waals surface area contributed by atoms with Crippen molar-refractivity contribution in [3.8, 4) is 18.4 Å². The predicted octanol–water partition coefficient (Wildman–Crippen LogP) is 1.82. The standard InChI is InChI=1S/C9H3F2N/c1-2-6-3-8(10)7(5-12)9(11)4-6/h1,3-4H. The second kappa shape index (κ2) is 3.02. The Labute approximate surface area is 68.2 Å². The molecule has 0 radical (unpaired) electrons. The van der Waals surface area contributed by atoms with E-state index in [1.807, 2.05) is 0 Å². The van der Waals surface area contributed by atoms with Crippen molar-refractivity contribution in [1.29, 1.82) is 5.26 Å². The van der Waals surface area contributed by atoms with Crippen LogP contribution >= 0.6 is 0 Å². The van der Waals surface area contributed by atoms with Crippen LogP contribution in [-0.4, -0.2) is 0 Å². The molecule has 0 unspecified atom stereocenters. The van der Waals surface area contributed by atoms with Gasteiger partial charge in [0.25, 0.3) is 0 Å². The van der Waals surface area contributed by atoms with Crippen LogP contribution in [0, 0.1) is 35.3 Å². The first-order valence-electron chi connectivity index (χ1n) is 3.04. The van der Waals surface area contributed by atoms with Crippen molar-refractivity contribution < 1.29 is 8.78 Å². The van der Waals surface area contributed by atoms with Gasteiger partial charge in [0.1, 0.15) is 23.3 Å². The Bertz CT molecular complexity index is 373. The van der Waals surface area contributed by atoms with Crippen LogP contribution in [0.25, 0.3) is 0 Å². The summed E-state index contributed by atoms with van der Waals surface area (Å²) >= 11 is 0. The highest BCUT2D eigenvalue weighted by atomic mass is 19.1. The lowest BCUT2D eigenvalue weighted by Crippen LogP contribution is -1.91. The molecule has 0 saturated heterocycles. The van der Waals surface area contributed by atoms with Crippen LogP contribution in [0.4, 0.5) is 8.78 Å². The maximum Gasteiger partial charge on any atom is 0.145 e. The molecule has 0 aliphatic rings. The zero-order chi connectivity index (χ0) is 9.14. The summed E-state index contributed by atoms with van der Waals surface area (Å²) in [5.41, 5.74) is -0.516. The number of hydrogen-bond donors (Lipinski definition) is 0. The van der Waals surface area contributed by atoms with Gasteiger partial charge in [-0.15, -0.1) is 6.42 Å². The summed E-state index contributed by atoms with van der Waals surface area (Å²) in [7, 11) is 0. The van der Waals surface area contributed by atoms with E-state index in [4.69, 9.17) is 11.7 Å². The first-order valence-corrected chi connectivity index (χ1v) is 3.04. The second-order valence-corrected chi connectivity index (χ2v) is 2.07. The molecule has 1 nitrogen and oxygen atoms in total. The third-order valence-corrected chi connectivity index (χ3v) is 1.32. The molecule has 0 aromatic heterocycles. The van der Waals surface area contributed by atoms with Gasteiger partial charge in [-0.05, 0) is 12.1 Å². The molecule has 1 rings (SSSR count). The monoisotopic (exact) mass is 163 g/mol. The van der Waals surface area contributed by atoms with Gasteiger partial charge < -0.3 is 0 Å². The van der Waals surface area contributed by atoms with Crippen LogP contribution in [-0.2, 0) is 0 Å². The molecule has 0 fully saturated rings. The number of hydrogen-bond acceptors (Lipinski definition) is 1. The molecule has 0 bridgehead atoms. The van der Waals surface area contributed by atoms with E-state index >= 15 is 0 Å². The van der Waals surface area contributed by atoms with Crippen molar-refractivity contribution >= 4 is 0 Å². The fourth-order valence-corrected chi connectivity index (χ4v) is 0.763. The van der Waals surface area contributed by atoms with Crippen molar-refractivity contribution in [1.82, 2.24) is 0 Å². The molecule has 0 saturated carbocycles. The molecule has 0 heterocycles. The molecule has 0 aliphatic heterocycles. The fraction of sp³-hybridized carbons (Fsp3) is 0. The quantitative estimate of drug-likeness (QED) is 0.535. The van der Waals surface area contributed by atoms with Gasteiger partial charge in [-0.2, -0.15) is 5.26 Å². The van der Waals surface area contributed by atoms with Gasteiger partial charge in [-0.1, -0.05) is 5.92 Å². The van der Waals surface area contributed by atoms with E-state index in [-0.39, 0.29) is 5.56 Å². The van der Waals surface area contributed by atoms with E-state index in [1.54, 1.807) is 0 Å². The summed E-state index contributed by atoms with van der Waals surface area (Å²) in [6.45, 7) is 0. The summed E-state index contributed by atoms with van der Waals surface area (Å²) < 4.78 is 25.5. The third kappa shape index (κ3) is 1.26. The number of rotatable bonds is 0. The molecule has 12 heavy (non-hydrogen) atoms. The Morgan fingerprint density at radius 3 is 2.08 bits per heavy atom. The van der Waals surface area contributed by atoms with Crippen molar-refractivity contribution in [3.63, 3.8) is 0 Å². The molecular formula is C9H3F2N. The van der Waals surface area contributed by atoms with Crippen LogP contribution in [0.5, 0.6) is 0 Å². The zero-order valence-electron chi connectivity index (χ0n) is 5.94. The Hall–Kier alpha value is -1.87. The minimum Gasteiger partial charge on any atom is -0.205 e. The van der Waals surface area contributed by atoms with Crippen LogP contribution in [0.3, 0.4) is 0 Å². The molecule has 0 N–H and O–H groups in total. The average molecular weight is 163 g/mol. The average Bonchev–Trinajstić information content (AvgIpc) is 2.03. The minimum atomic E-state index is -0.926. The highest BCUT2D eigenvalue weighted by molar-refractivity contribution is 5.40. The van der Waals surface area contributed by atoms with Gasteiger partial charge in [-0.3, -0.25) is 0 Å². The summed E-state index contributed by atoms with van der Waals surface area (Å²) in [6, 6.07) is 3.29. The molecule has 1 aromatic carbocycles. The van der Waals surface area contributed by atoms with Crippen molar-refractivity contribution in [2.45, 2.75) is 0 Å². The SMILES string of the molecule is C#Cc1cc(F)c(C#N)c(F)c1. The van der Waals surface area contributed by atoms with E-state index in [9.17, 15) is 8.78 Å². The lowest BCUT2D eigenvalue weighted by atomic mass is 10.1. The van der Waals surface area contributed by atoms with Crippen LogP contribution in [0.15, 0.2) is 12.1 Å². The molecule has 0 aliphatic carbocycles. The number of nitriles is 1. The first-order chi connectivity index (χ1) is 5.69. The summed E-state index contributed by atoms with van der Waals surface area (Å²) in [6.07, 6.45) is 4.91. The topological polar surface area (TPSA) is 23.8 Å². The second-order valence-electron chi connectivity index (χ2n) is 2.07. The predicted molar refractivity (Wildman–Crippen MR) is 39.0 cm³/mol. The maximum atomic E-state index is 12.7. The van der Waals surface area contributed by atoms with Crippen LogP contribution in [0.2, 0.25) is 0 Å². The Kier molecular flexibility index (Phi) is 2.07. The lowest BCUT2D eigenvalue weighted by molar-refractivity contribution is 0.576. The normalized spacial score (nSPS) is 8.67. The highest BCUT2D eigenvalue weighted by Crippen LogP contribution is 2.13. The largest absolute Gasteiger partial charge is 0.205 e. The third-order valence-electron chi connectivity index (χ3n) is 1.32. The van der Waals surface area contributed by atoms with E-state index < -0.39 is 17.2 Å². The first kappa shape index (κ1) is 8.23. The number of nitrogens with zero attached hydrogens (tertiary/aromatic N) is 1. The van der Waals surface area contributed by atoms with E-state index in [0.29, 0.717) is 0 Å². The van der Waals surface area contributed by atoms with Gasteiger partial charge >= 0.3 is 0 Å². The van der Waals surface area contributed by atoms with Crippen molar-refractivity contribution in [3.05, 3.63) is 34.9 Å². The fourth-order valence-electron chi connectivity index (χ4n) is 0.763. The van der Waals surface area contributed by atoms with Crippen molar-refractivity contribution in [2.75, 3.05) is 0 Å². The Morgan fingerprint density at radius 1 is 1.25 bits per heavy atom. The molecule has 0 spiro atoms. The van der Waals surface area contributed by atoms with Gasteiger partial charge in [0.2, 0.25) is 0 Å². The Balaban J connectivity index is 3.43. The zero-order valence-corrected chi connectivity index (χ0v) is 5.94. The van der Waals surface area contributed by atoms with Gasteiger partial charge in [0.15, 0.2) is 0 Å². The molecule has 0 atom stereocenters. The number of terminal acetylenes is 1. The molecule has 58 valence electrons. The van der Waals surface area contributed by atoms with E-state index in [0.717, 1.165) is 12.1 Å². The van der Waals surface area contributed by atoms with Crippen LogP contribution in [0.1, 0.15) is 11.1 Å². The van der Waals surface area contributed by atoms with Gasteiger partial charge in [0, 0.05) is 5.56 Å². The van der Waals surface area contributed by atoms with E-state index in [1.165, 1.54) is 6.07 Å². The summed E-state index contributed by atoms with van der Waals surface area (Å²) in [4.78, 5) is 0. The van der Waals surface area contributed by atoms with E-state index in [2.05, 4.69) is 5.92 Å². The molecule has 1 aromatic rings. The van der Waals surface area contributed by atoms with Crippen molar-refractivity contribution in [2.24, 2.45) is 0 Å². The van der Waals surface area contributed by atoms with Gasteiger partial charge in [-0.25, -0.2) is 8.78 Å². The number of benzene rings is 1. The smallest absolute Gasteiger partial charge is 0.145 e. The molecule has 3 heteroatoms. The molecule has 0 amide bonds. The summed E-state index contributed by atoms with van der Waals surface area (Å²) in [5.74, 6) is 0.219. The van der Waals surface area contributed by atoms with Crippen LogP contribution < -0.4 is 0 Å². The lowest BCUT2D eigenvalue weighted by Gasteiger charge is -1.96. The van der Waals surface area contributed by atoms with Gasteiger partial charge in [0.05, 0.1) is 0 Å².